The number of aromatic nitrogens is 1. The van der Waals surface area contributed by atoms with Crippen LogP contribution in [0.25, 0.3) is 0 Å². The van der Waals surface area contributed by atoms with Gasteiger partial charge in [0.15, 0.2) is 5.69 Å². The smallest absolute Gasteiger partial charge is 0.434 e. The first kappa shape index (κ1) is 19.2. The number of aliphatic hydroxyl groups excluding tert-OH is 2. The van der Waals surface area contributed by atoms with Gasteiger partial charge in [-0.05, 0) is 5.56 Å². The third kappa shape index (κ3) is 5.69. The third-order valence-electron chi connectivity index (χ3n) is 3.10. The van der Waals surface area contributed by atoms with Crippen LogP contribution in [0.1, 0.15) is 22.4 Å². The normalized spacial score (nSPS) is 14.0. The maximum absolute atomic E-state index is 12.5. The van der Waals surface area contributed by atoms with Crippen molar-refractivity contribution in [2.24, 2.45) is 0 Å². The maximum atomic E-state index is 12.5. The fourth-order valence-corrected chi connectivity index (χ4v) is 2.66. The van der Waals surface area contributed by atoms with E-state index in [-0.39, 0.29) is 11.6 Å². The lowest BCUT2D eigenvalue weighted by Gasteiger charge is -2.16. The van der Waals surface area contributed by atoms with Crippen LogP contribution in [0.5, 0.6) is 0 Å². The molecule has 0 saturated heterocycles. The van der Waals surface area contributed by atoms with Gasteiger partial charge in [-0.3, -0.25) is 0 Å². The number of alkyl carbamates (subject to hydrolysis) is 1. The number of rotatable bonds is 6. The van der Waals surface area contributed by atoms with E-state index in [9.17, 15) is 28.2 Å². The van der Waals surface area contributed by atoms with Gasteiger partial charge in [-0.25, -0.2) is 9.78 Å². The van der Waals surface area contributed by atoms with Crippen LogP contribution in [-0.4, -0.2) is 33.9 Å². The Morgan fingerprint density at radius 2 is 1.96 bits per heavy atom. The molecule has 0 aliphatic carbocycles. The second-order valence-corrected chi connectivity index (χ2v) is 5.91. The number of halogens is 3. The van der Waals surface area contributed by atoms with Gasteiger partial charge in [-0.2, -0.15) is 13.2 Å². The Morgan fingerprint density at radius 1 is 1.28 bits per heavy atom. The molecule has 25 heavy (non-hydrogen) atoms. The van der Waals surface area contributed by atoms with Crippen LogP contribution in [0.15, 0.2) is 35.7 Å². The highest BCUT2D eigenvalue weighted by Crippen LogP contribution is 2.32. The molecule has 2 aromatic rings. The Bertz CT molecular complexity index is 694. The lowest BCUT2D eigenvalue weighted by Crippen LogP contribution is -2.35. The number of hydrogen-bond acceptors (Lipinski definition) is 6. The van der Waals surface area contributed by atoms with Crippen molar-refractivity contribution in [3.63, 3.8) is 0 Å². The predicted octanol–water partition coefficient (Wildman–Crippen LogP) is 2.48. The van der Waals surface area contributed by atoms with E-state index >= 15 is 0 Å². The zero-order valence-electron chi connectivity index (χ0n) is 12.7. The molecule has 1 heterocycles. The molecule has 2 unspecified atom stereocenters. The summed E-state index contributed by atoms with van der Waals surface area (Å²) in [5, 5.41) is 22.3. The van der Waals surface area contributed by atoms with Gasteiger partial charge in [0.1, 0.15) is 23.8 Å². The number of nitrogens with zero attached hydrogens (tertiary/aromatic N) is 1. The monoisotopic (exact) mass is 376 g/mol. The Kier molecular flexibility index (Phi) is 6.34. The van der Waals surface area contributed by atoms with Gasteiger partial charge < -0.3 is 20.3 Å². The Hall–Kier alpha value is -2.17. The van der Waals surface area contributed by atoms with E-state index in [2.05, 4.69) is 10.3 Å². The summed E-state index contributed by atoms with van der Waals surface area (Å²) in [5.41, 5.74) is -0.380. The highest BCUT2D eigenvalue weighted by atomic mass is 32.1. The minimum Gasteiger partial charge on any atom is -0.445 e. The Labute approximate surface area is 144 Å². The van der Waals surface area contributed by atoms with Crippen molar-refractivity contribution in [2.75, 3.05) is 6.54 Å². The summed E-state index contributed by atoms with van der Waals surface area (Å²) in [6.45, 7) is -0.386. The summed E-state index contributed by atoms with van der Waals surface area (Å²) in [6.07, 6.45) is -8.64. The first-order valence-electron chi connectivity index (χ1n) is 7.10. The average molecular weight is 376 g/mol. The number of aliphatic hydroxyl groups is 2. The van der Waals surface area contributed by atoms with Crippen molar-refractivity contribution in [3.8, 4) is 0 Å². The number of ether oxygens (including phenoxy) is 1. The number of nitrogens with one attached hydrogen (secondary N) is 1. The summed E-state index contributed by atoms with van der Waals surface area (Å²) < 4.78 is 42.3. The summed E-state index contributed by atoms with van der Waals surface area (Å²) in [5.74, 6) is 0. The number of benzene rings is 1. The fourth-order valence-electron chi connectivity index (χ4n) is 1.79. The second kappa shape index (κ2) is 8.28. The van der Waals surface area contributed by atoms with Crippen LogP contribution in [0.4, 0.5) is 18.0 Å². The number of carbonyl (C=O) groups excluding carboxylic acids is 1. The minimum atomic E-state index is -4.63. The van der Waals surface area contributed by atoms with Crippen LogP contribution in [-0.2, 0) is 17.5 Å². The van der Waals surface area contributed by atoms with Crippen molar-refractivity contribution in [1.82, 2.24) is 10.3 Å². The molecule has 6 nitrogen and oxygen atoms in total. The van der Waals surface area contributed by atoms with E-state index in [1.54, 1.807) is 24.3 Å². The zero-order valence-corrected chi connectivity index (χ0v) is 13.5. The molecule has 2 rings (SSSR count). The summed E-state index contributed by atoms with van der Waals surface area (Å²) in [4.78, 5) is 14.8. The summed E-state index contributed by atoms with van der Waals surface area (Å²) >= 11 is 0.570. The largest absolute Gasteiger partial charge is 0.445 e. The molecule has 10 heteroatoms. The first-order chi connectivity index (χ1) is 11.8. The van der Waals surface area contributed by atoms with Gasteiger partial charge in [-0.1, -0.05) is 30.3 Å². The van der Waals surface area contributed by atoms with Gasteiger partial charge >= 0.3 is 12.3 Å². The summed E-state index contributed by atoms with van der Waals surface area (Å²) in [6, 6.07) is 8.88. The third-order valence-corrected chi connectivity index (χ3v) is 4.01. The van der Waals surface area contributed by atoms with E-state index in [0.717, 1.165) is 10.9 Å². The van der Waals surface area contributed by atoms with Gasteiger partial charge in [0.25, 0.3) is 0 Å². The van der Waals surface area contributed by atoms with Gasteiger partial charge in [0.2, 0.25) is 0 Å². The standard InChI is InChI=1S/C15H15F3N2O4S/c16-15(17,18)11-8-25-13(20-11)12(22)10(21)6-19-14(23)24-7-9-4-2-1-3-5-9/h1-5,8,10,12,21-22H,6-7H2,(H,19,23). The van der Waals surface area contributed by atoms with Crippen LogP contribution >= 0.6 is 11.3 Å². The number of alkyl halides is 3. The van der Waals surface area contributed by atoms with Crippen LogP contribution in [0, 0.1) is 0 Å². The van der Waals surface area contributed by atoms with Crippen molar-refractivity contribution in [1.29, 1.82) is 0 Å². The molecular formula is C15H15F3N2O4S. The lowest BCUT2D eigenvalue weighted by molar-refractivity contribution is -0.141. The topological polar surface area (TPSA) is 91.7 Å². The maximum Gasteiger partial charge on any atom is 0.434 e. The first-order valence-corrected chi connectivity index (χ1v) is 7.98. The lowest BCUT2D eigenvalue weighted by atomic mass is 10.2. The van der Waals surface area contributed by atoms with Gasteiger partial charge in [0.05, 0.1) is 0 Å². The van der Waals surface area contributed by atoms with Crippen molar-refractivity contribution < 1.29 is 32.9 Å². The highest BCUT2D eigenvalue weighted by Gasteiger charge is 2.35. The Morgan fingerprint density at radius 3 is 2.56 bits per heavy atom. The quantitative estimate of drug-likeness (QED) is 0.721. The van der Waals surface area contributed by atoms with Crippen molar-refractivity contribution in [2.45, 2.75) is 25.0 Å². The molecule has 0 spiro atoms. The van der Waals surface area contributed by atoms with Crippen molar-refractivity contribution >= 4 is 17.4 Å². The number of thiazole rings is 1. The summed E-state index contributed by atoms with van der Waals surface area (Å²) in [7, 11) is 0. The second-order valence-electron chi connectivity index (χ2n) is 5.02. The van der Waals surface area contributed by atoms with E-state index in [0.29, 0.717) is 11.3 Å². The highest BCUT2D eigenvalue weighted by molar-refractivity contribution is 7.09. The SMILES string of the molecule is O=C(NCC(O)C(O)c1nc(C(F)(F)F)cs1)OCc1ccccc1. The molecule has 136 valence electrons. The molecule has 0 saturated carbocycles. The van der Waals surface area contributed by atoms with Crippen LogP contribution in [0.2, 0.25) is 0 Å². The molecule has 0 aliphatic heterocycles. The number of carbonyl (C=O) groups is 1. The Balaban J connectivity index is 1.79. The number of amides is 1. The fraction of sp³-hybridized carbons (Fsp3) is 0.333. The molecule has 1 aromatic carbocycles. The number of hydrogen-bond donors (Lipinski definition) is 3. The van der Waals surface area contributed by atoms with Crippen LogP contribution < -0.4 is 5.32 Å². The van der Waals surface area contributed by atoms with E-state index in [1.165, 1.54) is 0 Å². The molecule has 3 N–H and O–H groups in total. The van der Waals surface area contributed by atoms with Crippen molar-refractivity contribution in [3.05, 3.63) is 52.0 Å². The molecule has 0 bridgehead atoms. The molecular weight excluding hydrogens is 361 g/mol. The van der Waals surface area contributed by atoms with E-state index in [4.69, 9.17) is 4.74 Å². The van der Waals surface area contributed by atoms with Gasteiger partial charge in [0, 0.05) is 11.9 Å². The molecule has 0 aliphatic rings. The minimum absolute atomic E-state index is 0.0206. The van der Waals surface area contributed by atoms with Crippen LogP contribution in [0.3, 0.4) is 0 Å². The predicted molar refractivity (Wildman–Crippen MR) is 82.7 cm³/mol. The molecule has 2 atom stereocenters. The molecule has 1 aromatic heterocycles. The van der Waals surface area contributed by atoms with E-state index < -0.39 is 36.7 Å². The molecule has 0 fully saturated rings. The van der Waals surface area contributed by atoms with Gasteiger partial charge in [-0.15, -0.1) is 11.3 Å². The average Bonchev–Trinajstić information content (AvgIpc) is 3.08. The molecule has 0 radical (unpaired) electrons. The molecule has 1 amide bonds. The zero-order chi connectivity index (χ0) is 18.4. The van der Waals surface area contributed by atoms with E-state index in [1.807, 2.05) is 6.07 Å².